The Kier molecular flexibility index (Phi) is 5.41. The van der Waals surface area contributed by atoms with Gasteiger partial charge in [-0.25, -0.2) is 0 Å². The summed E-state index contributed by atoms with van der Waals surface area (Å²) in [5.74, 6) is 0. The van der Waals surface area contributed by atoms with Crippen LogP contribution in [-0.2, 0) is 0 Å². The maximum atomic E-state index is 2.51. The Hall–Kier alpha value is -6.42. The van der Waals surface area contributed by atoms with Gasteiger partial charge in [0.2, 0.25) is 0 Å². The number of benzene rings is 9. The highest BCUT2D eigenvalue weighted by Crippen LogP contribution is 2.48. The molecule has 236 valence electrons. The number of rotatable bonds is 3. The second-order valence-electron chi connectivity index (χ2n) is 13.7. The summed E-state index contributed by atoms with van der Waals surface area (Å²) in [6.45, 7) is 0. The van der Waals surface area contributed by atoms with Crippen LogP contribution in [0.15, 0.2) is 170 Å². The second-order valence-corrected chi connectivity index (χ2v) is 14.7. The Bertz CT molecular complexity index is 3350. The zero-order valence-electron chi connectivity index (χ0n) is 27.5. The summed E-state index contributed by atoms with van der Waals surface area (Å²) in [6, 6.07) is 63.0. The zero-order chi connectivity index (χ0) is 33.2. The van der Waals surface area contributed by atoms with Gasteiger partial charge in [-0.15, -0.1) is 11.3 Å². The smallest absolute Gasteiger partial charge is 0.0782 e. The van der Waals surface area contributed by atoms with E-state index in [0.29, 0.717) is 0 Å². The molecule has 3 heteroatoms. The van der Waals surface area contributed by atoms with Crippen LogP contribution in [0.25, 0.3) is 90.6 Å². The Labute approximate surface area is 296 Å². The van der Waals surface area contributed by atoms with E-state index in [1.54, 1.807) is 0 Å². The minimum Gasteiger partial charge on any atom is -0.308 e. The van der Waals surface area contributed by atoms with Crippen LogP contribution in [0.3, 0.4) is 0 Å². The average molecular weight is 665 g/mol. The highest BCUT2D eigenvalue weighted by molar-refractivity contribution is 7.25. The summed E-state index contributed by atoms with van der Waals surface area (Å²) in [5.41, 5.74) is 7.20. The van der Waals surface area contributed by atoms with E-state index in [9.17, 15) is 0 Å². The van der Waals surface area contributed by atoms with Gasteiger partial charge in [0.15, 0.2) is 0 Å². The Morgan fingerprint density at radius 1 is 0.333 bits per heavy atom. The molecule has 3 aromatic heterocycles. The van der Waals surface area contributed by atoms with Crippen LogP contribution in [0.5, 0.6) is 0 Å². The molecule has 0 fully saturated rings. The molecular weight excluding hydrogens is 637 g/mol. The van der Waals surface area contributed by atoms with Crippen molar-refractivity contribution in [1.29, 1.82) is 0 Å². The lowest BCUT2D eigenvalue weighted by Crippen LogP contribution is -2.11. The molecular formula is C48H28N2S. The number of thiophene rings is 1. The fraction of sp³-hybridized carbons (Fsp3) is 0. The van der Waals surface area contributed by atoms with E-state index in [2.05, 4.69) is 179 Å². The molecule has 0 bridgehead atoms. The lowest BCUT2D eigenvalue weighted by atomic mass is 9.94. The van der Waals surface area contributed by atoms with Crippen LogP contribution in [-0.4, -0.2) is 4.40 Å². The number of aromatic nitrogens is 1. The van der Waals surface area contributed by atoms with Crippen LogP contribution in [0.2, 0.25) is 0 Å². The van der Waals surface area contributed by atoms with E-state index in [-0.39, 0.29) is 0 Å². The number of anilines is 3. The molecule has 0 saturated heterocycles. The first-order valence-electron chi connectivity index (χ1n) is 17.5. The van der Waals surface area contributed by atoms with Crippen molar-refractivity contribution >= 4 is 119 Å². The summed E-state index contributed by atoms with van der Waals surface area (Å²) >= 11 is 1.87. The Morgan fingerprint density at radius 2 is 0.824 bits per heavy atom. The van der Waals surface area contributed by atoms with Gasteiger partial charge in [-0.05, 0) is 74.8 Å². The van der Waals surface area contributed by atoms with E-state index in [1.165, 1.54) is 90.6 Å². The molecule has 51 heavy (non-hydrogen) atoms. The standard InChI is InChI=1S/C48H28N2S/c1-2-13-33-31(11-1)32-12-3-4-14-34(32)42-27-29(23-25-35(33)42)49(30-24-26-38-37-16-6-8-22-45(37)51-46(38)28-30)44-21-10-19-41-40-18-9-17-39-36-15-5-7-20-43(36)50(47(39)40)48(41)44/h1-28H. The molecule has 0 radical (unpaired) electrons. The zero-order valence-corrected chi connectivity index (χ0v) is 28.3. The molecule has 0 unspecified atom stereocenters. The van der Waals surface area contributed by atoms with Crippen LogP contribution in [0.1, 0.15) is 0 Å². The van der Waals surface area contributed by atoms with Crippen LogP contribution in [0.4, 0.5) is 17.1 Å². The minimum absolute atomic E-state index is 1.14. The fourth-order valence-electron chi connectivity index (χ4n) is 8.95. The first-order valence-corrected chi connectivity index (χ1v) is 18.3. The van der Waals surface area contributed by atoms with Crippen molar-refractivity contribution in [2.45, 2.75) is 0 Å². The largest absolute Gasteiger partial charge is 0.308 e. The SMILES string of the molecule is c1ccc2c(c1)sc1cc(N(c3ccc4c5ccccc5c5ccccc5c4c3)c3cccc4c5cccc6c7ccccc7n(c34)c65)ccc12. The summed E-state index contributed by atoms with van der Waals surface area (Å²) in [7, 11) is 0. The average Bonchev–Trinajstić information content (AvgIpc) is 3.85. The van der Waals surface area contributed by atoms with Gasteiger partial charge in [0, 0.05) is 53.1 Å². The van der Waals surface area contributed by atoms with Crippen molar-refractivity contribution in [2.24, 2.45) is 0 Å². The quantitative estimate of drug-likeness (QED) is 0.171. The molecule has 2 nitrogen and oxygen atoms in total. The van der Waals surface area contributed by atoms with Crippen molar-refractivity contribution in [2.75, 3.05) is 4.90 Å². The molecule has 9 aromatic carbocycles. The maximum Gasteiger partial charge on any atom is 0.0782 e. The summed E-state index contributed by atoms with van der Waals surface area (Å²) in [4.78, 5) is 2.50. The van der Waals surface area contributed by atoms with E-state index in [0.717, 1.165) is 17.1 Å². The molecule has 0 aliphatic rings. The number of nitrogens with zero attached hydrogens (tertiary/aromatic N) is 2. The maximum absolute atomic E-state index is 2.51. The summed E-state index contributed by atoms with van der Waals surface area (Å²) in [5, 5.41) is 15.4. The molecule has 0 aliphatic carbocycles. The topological polar surface area (TPSA) is 7.65 Å². The monoisotopic (exact) mass is 664 g/mol. The van der Waals surface area contributed by atoms with Gasteiger partial charge in [0.25, 0.3) is 0 Å². The van der Waals surface area contributed by atoms with Crippen molar-refractivity contribution in [1.82, 2.24) is 4.40 Å². The molecule has 0 amide bonds. The van der Waals surface area contributed by atoms with Gasteiger partial charge in [0.05, 0.1) is 22.2 Å². The highest BCUT2D eigenvalue weighted by atomic mass is 32.1. The molecule has 12 rings (SSSR count). The minimum atomic E-state index is 1.14. The normalized spacial score (nSPS) is 12.3. The van der Waals surface area contributed by atoms with Gasteiger partial charge >= 0.3 is 0 Å². The number of fused-ring (bicyclic) bond motifs is 15. The van der Waals surface area contributed by atoms with Crippen LogP contribution < -0.4 is 4.90 Å². The van der Waals surface area contributed by atoms with Gasteiger partial charge in [-0.1, -0.05) is 127 Å². The number of para-hydroxylation sites is 3. The number of hydrogen-bond acceptors (Lipinski definition) is 2. The van der Waals surface area contributed by atoms with Crippen LogP contribution in [0, 0.1) is 0 Å². The molecule has 0 spiro atoms. The first kappa shape index (κ1) is 27.4. The predicted molar refractivity (Wildman–Crippen MR) is 221 cm³/mol. The molecule has 0 N–H and O–H groups in total. The van der Waals surface area contributed by atoms with Crippen molar-refractivity contribution < 1.29 is 0 Å². The van der Waals surface area contributed by atoms with Gasteiger partial charge in [-0.3, -0.25) is 0 Å². The van der Waals surface area contributed by atoms with Crippen molar-refractivity contribution in [3.63, 3.8) is 0 Å². The van der Waals surface area contributed by atoms with E-state index < -0.39 is 0 Å². The molecule has 0 saturated carbocycles. The second kappa shape index (κ2) is 10.1. The molecule has 0 aliphatic heterocycles. The van der Waals surface area contributed by atoms with E-state index in [1.807, 2.05) is 11.3 Å². The third-order valence-corrected chi connectivity index (χ3v) is 12.2. The van der Waals surface area contributed by atoms with E-state index in [4.69, 9.17) is 0 Å². The Morgan fingerprint density at radius 3 is 1.57 bits per heavy atom. The Balaban J connectivity index is 1.22. The van der Waals surface area contributed by atoms with E-state index >= 15 is 0 Å². The van der Waals surface area contributed by atoms with Crippen molar-refractivity contribution in [3.05, 3.63) is 170 Å². The van der Waals surface area contributed by atoms with Gasteiger partial charge < -0.3 is 9.30 Å². The van der Waals surface area contributed by atoms with Gasteiger partial charge in [-0.2, -0.15) is 0 Å². The highest BCUT2D eigenvalue weighted by Gasteiger charge is 2.24. The predicted octanol–water partition coefficient (Wildman–Crippen LogP) is 14.1. The first-order chi connectivity index (χ1) is 25.3. The lowest BCUT2D eigenvalue weighted by Gasteiger charge is -2.27. The summed E-state index contributed by atoms with van der Waals surface area (Å²) < 4.78 is 5.12. The third kappa shape index (κ3) is 3.65. The number of hydrogen-bond donors (Lipinski definition) is 0. The van der Waals surface area contributed by atoms with Crippen LogP contribution >= 0.6 is 11.3 Å². The third-order valence-electron chi connectivity index (χ3n) is 11.1. The summed E-state index contributed by atoms with van der Waals surface area (Å²) in [6.07, 6.45) is 0. The van der Waals surface area contributed by atoms with Crippen molar-refractivity contribution in [3.8, 4) is 0 Å². The van der Waals surface area contributed by atoms with Gasteiger partial charge in [0.1, 0.15) is 0 Å². The lowest BCUT2D eigenvalue weighted by molar-refractivity contribution is 1.28. The fourth-order valence-corrected chi connectivity index (χ4v) is 10.1. The molecule has 3 heterocycles. The molecule has 0 atom stereocenters. The molecule has 12 aromatic rings.